The van der Waals surface area contributed by atoms with Gasteiger partial charge in [-0.05, 0) is 43.2 Å². The van der Waals surface area contributed by atoms with Gasteiger partial charge in [0.1, 0.15) is 0 Å². The molecule has 0 aromatic carbocycles. The first kappa shape index (κ1) is 14.3. The first-order valence-corrected chi connectivity index (χ1v) is 8.03. The van der Waals surface area contributed by atoms with Gasteiger partial charge in [-0.15, -0.1) is 10.2 Å². The molecule has 5 heteroatoms. The van der Waals surface area contributed by atoms with E-state index >= 15 is 0 Å². The van der Waals surface area contributed by atoms with E-state index in [1.54, 1.807) is 13.1 Å². The molecule has 1 aliphatic heterocycles. The van der Waals surface area contributed by atoms with Crippen molar-refractivity contribution in [2.24, 2.45) is 5.41 Å². The second-order valence-electron chi connectivity index (χ2n) is 6.40. The SMILES string of the molecule is CNC(=O)c1ccc(N2CCC3(CCCCC3)CC2)nn1. The lowest BCUT2D eigenvalue weighted by Crippen LogP contribution is -2.41. The van der Waals surface area contributed by atoms with Crippen molar-refractivity contribution in [1.82, 2.24) is 15.5 Å². The molecule has 2 fully saturated rings. The Labute approximate surface area is 126 Å². The average Bonchev–Trinajstić information content (AvgIpc) is 2.56. The van der Waals surface area contributed by atoms with Crippen LogP contribution in [0.3, 0.4) is 0 Å². The van der Waals surface area contributed by atoms with Crippen molar-refractivity contribution in [2.75, 3.05) is 25.0 Å². The van der Waals surface area contributed by atoms with Crippen LogP contribution in [0, 0.1) is 5.41 Å². The van der Waals surface area contributed by atoms with Crippen LogP contribution in [0.4, 0.5) is 5.82 Å². The number of amides is 1. The molecule has 21 heavy (non-hydrogen) atoms. The summed E-state index contributed by atoms with van der Waals surface area (Å²) < 4.78 is 0. The molecule has 1 aromatic heterocycles. The quantitative estimate of drug-likeness (QED) is 0.908. The number of nitrogens with zero attached hydrogens (tertiary/aromatic N) is 3. The van der Waals surface area contributed by atoms with Crippen molar-refractivity contribution >= 4 is 11.7 Å². The van der Waals surface area contributed by atoms with Gasteiger partial charge in [0.2, 0.25) is 0 Å². The molecule has 1 spiro atoms. The third-order valence-electron chi connectivity index (χ3n) is 5.17. The molecule has 0 atom stereocenters. The molecule has 1 amide bonds. The maximum Gasteiger partial charge on any atom is 0.271 e. The first-order valence-electron chi connectivity index (χ1n) is 8.03. The lowest BCUT2D eigenvalue weighted by atomic mass is 9.68. The van der Waals surface area contributed by atoms with Crippen molar-refractivity contribution < 1.29 is 4.79 Å². The van der Waals surface area contributed by atoms with Gasteiger partial charge in [-0.1, -0.05) is 19.3 Å². The third-order valence-corrected chi connectivity index (χ3v) is 5.17. The Bertz CT molecular complexity index is 484. The number of hydrogen-bond donors (Lipinski definition) is 1. The van der Waals surface area contributed by atoms with Gasteiger partial charge in [-0.2, -0.15) is 0 Å². The Morgan fingerprint density at radius 3 is 2.38 bits per heavy atom. The van der Waals surface area contributed by atoms with Crippen molar-refractivity contribution in [2.45, 2.75) is 44.9 Å². The Morgan fingerprint density at radius 1 is 1.10 bits per heavy atom. The minimum Gasteiger partial charge on any atom is -0.355 e. The zero-order valence-electron chi connectivity index (χ0n) is 12.8. The minimum atomic E-state index is -0.186. The standard InChI is InChI=1S/C16H24N4O/c1-17-15(21)13-5-6-14(19-18-13)20-11-9-16(10-12-20)7-3-2-4-8-16/h5-6H,2-4,7-12H2,1H3,(H,17,21). The summed E-state index contributed by atoms with van der Waals surface area (Å²) in [4.78, 5) is 13.8. The van der Waals surface area contributed by atoms with Gasteiger partial charge in [0.25, 0.3) is 5.91 Å². The van der Waals surface area contributed by atoms with E-state index in [9.17, 15) is 4.79 Å². The third kappa shape index (κ3) is 3.01. The molecular weight excluding hydrogens is 264 g/mol. The van der Waals surface area contributed by atoms with Gasteiger partial charge in [0.15, 0.2) is 11.5 Å². The van der Waals surface area contributed by atoms with Crippen LogP contribution in [-0.4, -0.2) is 36.2 Å². The molecule has 5 nitrogen and oxygen atoms in total. The number of aromatic nitrogens is 2. The van der Waals surface area contributed by atoms with Crippen molar-refractivity contribution in [3.63, 3.8) is 0 Å². The zero-order valence-corrected chi connectivity index (χ0v) is 12.8. The summed E-state index contributed by atoms with van der Waals surface area (Å²) in [7, 11) is 1.60. The van der Waals surface area contributed by atoms with Gasteiger partial charge in [0.05, 0.1) is 0 Å². The molecule has 1 saturated heterocycles. The van der Waals surface area contributed by atoms with Gasteiger partial charge < -0.3 is 10.2 Å². The second kappa shape index (κ2) is 6.00. The molecular formula is C16H24N4O. The van der Waals surface area contributed by atoms with Gasteiger partial charge in [-0.25, -0.2) is 0 Å². The smallest absolute Gasteiger partial charge is 0.271 e. The second-order valence-corrected chi connectivity index (χ2v) is 6.40. The maximum atomic E-state index is 11.5. The molecule has 2 aliphatic rings. The van der Waals surface area contributed by atoms with Crippen LogP contribution in [0.1, 0.15) is 55.4 Å². The first-order chi connectivity index (χ1) is 10.2. The summed E-state index contributed by atoms with van der Waals surface area (Å²) in [6, 6.07) is 3.67. The largest absolute Gasteiger partial charge is 0.355 e. The Kier molecular flexibility index (Phi) is 4.08. The van der Waals surface area contributed by atoms with E-state index in [1.165, 1.54) is 44.9 Å². The number of hydrogen-bond acceptors (Lipinski definition) is 4. The van der Waals surface area contributed by atoms with Crippen molar-refractivity contribution in [1.29, 1.82) is 0 Å². The predicted octanol–water partition coefficient (Wildman–Crippen LogP) is 2.39. The number of piperidine rings is 1. The van der Waals surface area contributed by atoms with Crippen LogP contribution in [-0.2, 0) is 0 Å². The Morgan fingerprint density at radius 2 is 1.81 bits per heavy atom. The van der Waals surface area contributed by atoms with E-state index in [1.807, 2.05) is 6.07 Å². The van der Waals surface area contributed by atoms with Crippen molar-refractivity contribution in [3.05, 3.63) is 17.8 Å². The fourth-order valence-electron chi connectivity index (χ4n) is 3.75. The van der Waals surface area contributed by atoms with Crippen LogP contribution >= 0.6 is 0 Å². The number of anilines is 1. The molecule has 1 N–H and O–H groups in total. The summed E-state index contributed by atoms with van der Waals surface area (Å²) >= 11 is 0. The fraction of sp³-hybridized carbons (Fsp3) is 0.688. The van der Waals surface area contributed by atoms with E-state index in [2.05, 4.69) is 20.4 Å². The lowest BCUT2D eigenvalue weighted by Gasteiger charge is -2.44. The highest BCUT2D eigenvalue weighted by molar-refractivity contribution is 5.91. The highest BCUT2D eigenvalue weighted by Gasteiger charge is 2.35. The van der Waals surface area contributed by atoms with Gasteiger partial charge in [0, 0.05) is 20.1 Å². The van der Waals surface area contributed by atoms with Crippen LogP contribution in [0.15, 0.2) is 12.1 Å². The summed E-state index contributed by atoms with van der Waals surface area (Å²) in [6.07, 6.45) is 9.57. The molecule has 0 unspecified atom stereocenters. The number of nitrogens with one attached hydrogen (secondary N) is 1. The molecule has 1 aliphatic carbocycles. The van der Waals surface area contributed by atoms with E-state index in [4.69, 9.17) is 0 Å². The van der Waals surface area contributed by atoms with E-state index in [0.717, 1.165) is 18.9 Å². The fourth-order valence-corrected chi connectivity index (χ4v) is 3.75. The Hall–Kier alpha value is -1.65. The molecule has 114 valence electrons. The zero-order chi connectivity index (χ0) is 14.7. The molecule has 3 rings (SSSR count). The lowest BCUT2D eigenvalue weighted by molar-refractivity contribution is 0.0957. The number of carbonyl (C=O) groups is 1. The van der Waals surface area contributed by atoms with Gasteiger partial charge in [-0.3, -0.25) is 4.79 Å². The Balaban J connectivity index is 1.62. The van der Waals surface area contributed by atoms with E-state index in [-0.39, 0.29) is 5.91 Å². The van der Waals surface area contributed by atoms with Gasteiger partial charge >= 0.3 is 0 Å². The molecule has 0 radical (unpaired) electrons. The maximum absolute atomic E-state index is 11.5. The highest BCUT2D eigenvalue weighted by Crippen LogP contribution is 2.44. The summed E-state index contributed by atoms with van der Waals surface area (Å²) in [6.45, 7) is 2.13. The average molecular weight is 288 g/mol. The molecule has 1 aromatic rings. The summed E-state index contributed by atoms with van der Waals surface area (Å²) in [5.74, 6) is 0.710. The molecule has 0 bridgehead atoms. The van der Waals surface area contributed by atoms with Crippen molar-refractivity contribution in [3.8, 4) is 0 Å². The van der Waals surface area contributed by atoms with Crippen LogP contribution in [0.2, 0.25) is 0 Å². The van der Waals surface area contributed by atoms with E-state index < -0.39 is 0 Å². The minimum absolute atomic E-state index is 0.186. The number of rotatable bonds is 2. The normalized spacial score (nSPS) is 21.3. The van der Waals surface area contributed by atoms with Crippen LogP contribution in [0.25, 0.3) is 0 Å². The summed E-state index contributed by atoms with van der Waals surface area (Å²) in [5.41, 5.74) is 0.978. The predicted molar refractivity (Wildman–Crippen MR) is 82.4 cm³/mol. The summed E-state index contributed by atoms with van der Waals surface area (Å²) in [5, 5.41) is 10.8. The number of carbonyl (C=O) groups excluding carboxylic acids is 1. The van der Waals surface area contributed by atoms with Crippen LogP contribution < -0.4 is 10.2 Å². The van der Waals surface area contributed by atoms with Crippen LogP contribution in [0.5, 0.6) is 0 Å². The van der Waals surface area contributed by atoms with E-state index in [0.29, 0.717) is 11.1 Å². The molecule has 1 saturated carbocycles. The molecule has 2 heterocycles. The monoisotopic (exact) mass is 288 g/mol. The highest BCUT2D eigenvalue weighted by atomic mass is 16.1. The topological polar surface area (TPSA) is 58.1 Å².